The fourth-order valence-electron chi connectivity index (χ4n) is 6.31. The third-order valence-electron chi connectivity index (χ3n) is 9.01. The predicted octanol–water partition coefficient (Wildman–Crippen LogP) is 4.96. The summed E-state index contributed by atoms with van der Waals surface area (Å²) >= 11 is 13.8. The SMILES string of the molecule is COc1cc(C(=O)Nc2cccc(-c3nccc(-c4ccc(CNCC5CCC(=O)N5)c(OC)n4)c3Cl)c2Cl)ncc1CN1CCC(CO)C1. The van der Waals surface area contributed by atoms with Crippen LogP contribution in [0.15, 0.2) is 54.9 Å². The minimum Gasteiger partial charge on any atom is -0.496 e. The molecule has 2 aliphatic rings. The standard InChI is InChI=1S/C36H39Cl2N7O5/c1-49-30-14-29(41-16-23(30)19-45-13-11-21(18-45)20-46)35(48)43-28-5-3-4-26(32(28)37)34-33(38)25(10-12-40-34)27-8-6-22(36(44-27)50-2)15-39-17-24-7-9-31(47)42-24/h3-6,8,10,12,14,16,21,24,39,46H,7,9,11,13,15,17-20H2,1-2H3,(H,42,47)(H,43,48). The number of aliphatic hydroxyl groups is 1. The van der Waals surface area contributed by atoms with Crippen LogP contribution in [-0.2, 0) is 17.9 Å². The van der Waals surface area contributed by atoms with Crippen LogP contribution in [-0.4, -0.2) is 83.3 Å². The number of aliphatic hydroxyl groups excluding tert-OH is 1. The summed E-state index contributed by atoms with van der Waals surface area (Å²) in [6, 6.07) is 12.5. The topological polar surface area (TPSA) is 151 Å². The van der Waals surface area contributed by atoms with Gasteiger partial charge in [0, 0.05) is 86.0 Å². The molecule has 4 aromatic rings. The molecule has 2 saturated heterocycles. The summed E-state index contributed by atoms with van der Waals surface area (Å²) in [5.74, 6) is 0.901. The van der Waals surface area contributed by atoms with Gasteiger partial charge >= 0.3 is 0 Å². The summed E-state index contributed by atoms with van der Waals surface area (Å²) in [6.07, 6.45) is 5.59. The number of carbonyl (C=O) groups excluding carboxylic acids is 2. The lowest BCUT2D eigenvalue weighted by atomic mass is 10.1. The zero-order chi connectivity index (χ0) is 35.2. The largest absolute Gasteiger partial charge is 0.496 e. The van der Waals surface area contributed by atoms with Crippen molar-refractivity contribution in [1.82, 2.24) is 30.5 Å². The second kappa shape index (κ2) is 16.1. The van der Waals surface area contributed by atoms with Crippen molar-refractivity contribution in [2.75, 3.05) is 45.8 Å². The second-order valence-electron chi connectivity index (χ2n) is 12.4. The lowest BCUT2D eigenvalue weighted by Crippen LogP contribution is -2.35. The lowest BCUT2D eigenvalue weighted by molar-refractivity contribution is -0.119. The van der Waals surface area contributed by atoms with Crippen LogP contribution in [0.5, 0.6) is 11.6 Å². The summed E-state index contributed by atoms with van der Waals surface area (Å²) in [5.41, 5.74) is 4.42. The molecule has 50 heavy (non-hydrogen) atoms. The summed E-state index contributed by atoms with van der Waals surface area (Å²) in [5, 5.41) is 19.3. The molecule has 1 aromatic carbocycles. The van der Waals surface area contributed by atoms with Crippen LogP contribution in [0.4, 0.5) is 5.69 Å². The fraction of sp³-hybridized carbons (Fsp3) is 0.361. The van der Waals surface area contributed by atoms with Gasteiger partial charge in [-0.3, -0.25) is 24.5 Å². The van der Waals surface area contributed by atoms with Crippen molar-refractivity contribution < 1.29 is 24.2 Å². The molecular weight excluding hydrogens is 681 g/mol. The molecule has 2 fully saturated rings. The number of likely N-dealkylation sites (tertiary alicyclic amines) is 1. The molecule has 4 N–H and O–H groups in total. The number of nitrogens with one attached hydrogen (secondary N) is 3. The molecule has 14 heteroatoms. The van der Waals surface area contributed by atoms with Gasteiger partial charge in [0.15, 0.2) is 0 Å². The summed E-state index contributed by atoms with van der Waals surface area (Å²) in [6.45, 7) is 3.64. The second-order valence-corrected chi connectivity index (χ2v) is 13.2. The average Bonchev–Trinajstić information content (AvgIpc) is 3.77. The molecule has 2 aliphatic heterocycles. The number of methoxy groups -OCH3 is 2. The summed E-state index contributed by atoms with van der Waals surface area (Å²) in [7, 11) is 3.12. The van der Waals surface area contributed by atoms with Gasteiger partial charge in [-0.25, -0.2) is 4.98 Å². The Morgan fingerprint density at radius 3 is 2.66 bits per heavy atom. The first-order chi connectivity index (χ1) is 24.3. The van der Waals surface area contributed by atoms with Gasteiger partial charge in [-0.1, -0.05) is 41.4 Å². The molecule has 2 amide bonds. The molecule has 12 nitrogen and oxygen atoms in total. The van der Waals surface area contributed by atoms with Crippen molar-refractivity contribution in [2.45, 2.75) is 38.4 Å². The Balaban J connectivity index is 1.17. The number of anilines is 1. The van der Waals surface area contributed by atoms with E-state index in [0.717, 1.165) is 37.1 Å². The summed E-state index contributed by atoms with van der Waals surface area (Å²) < 4.78 is 11.2. The van der Waals surface area contributed by atoms with Gasteiger partial charge in [0.1, 0.15) is 11.4 Å². The number of hydrogen-bond acceptors (Lipinski definition) is 10. The summed E-state index contributed by atoms with van der Waals surface area (Å²) in [4.78, 5) is 40.7. The number of halogens is 2. The van der Waals surface area contributed by atoms with Gasteiger partial charge < -0.3 is 30.5 Å². The Kier molecular flexibility index (Phi) is 11.5. The maximum atomic E-state index is 13.4. The first-order valence-corrected chi connectivity index (χ1v) is 17.2. The molecule has 3 aromatic heterocycles. The van der Waals surface area contributed by atoms with E-state index < -0.39 is 5.91 Å². The molecule has 6 rings (SSSR count). The smallest absolute Gasteiger partial charge is 0.274 e. The van der Waals surface area contributed by atoms with Crippen molar-refractivity contribution in [3.05, 3.63) is 81.7 Å². The van der Waals surface area contributed by atoms with Crippen molar-refractivity contribution in [2.24, 2.45) is 5.92 Å². The van der Waals surface area contributed by atoms with Gasteiger partial charge in [-0.15, -0.1) is 0 Å². The zero-order valence-corrected chi connectivity index (χ0v) is 29.4. The van der Waals surface area contributed by atoms with Crippen LogP contribution in [0.3, 0.4) is 0 Å². The van der Waals surface area contributed by atoms with E-state index in [1.807, 2.05) is 12.1 Å². The van der Waals surface area contributed by atoms with Crippen LogP contribution in [0.25, 0.3) is 22.5 Å². The van der Waals surface area contributed by atoms with Gasteiger partial charge in [0.25, 0.3) is 5.91 Å². The van der Waals surface area contributed by atoms with E-state index >= 15 is 0 Å². The van der Waals surface area contributed by atoms with E-state index in [-0.39, 0.29) is 35.2 Å². The highest BCUT2D eigenvalue weighted by molar-refractivity contribution is 6.39. The third-order valence-corrected chi connectivity index (χ3v) is 9.80. The van der Waals surface area contributed by atoms with E-state index in [9.17, 15) is 14.7 Å². The molecule has 2 atom stereocenters. The first kappa shape index (κ1) is 35.5. The molecule has 262 valence electrons. The van der Waals surface area contributed by atoms with Gasteiger partial charge in [-0.2, -0.15) is 0 Å². The molecule has 2 unspecified atom stereocenters. The highest BCUT2D eigenvalue weighted by Crippen LogP contribution is 2.40. The molecule has 0 saturated carbocycles. The minimum atomic E-state index is -0.456. The van der Waals surface area contributed by atoms with E-state index in [2.05, 4.69) is 30.8 Å². The molecule has 0 bridgehead atoms. The minimum absolute atomic E-state index is 0.0819. The number of nitrogens with zero attached hydrogens (tertiary/aromatic N) is 4. The molecule has 5 heterocycles. The molecule has 0 radical (unpaired) electrons. The van der Waals surface area contributed by atoms with Crippen molar-refractivity contribution >= 4 is 40.7 Å². The maximum Gasteiger partial charge on any atom is 0.274 e. The number of rotatable bonds is 13. The van der Waals surface area contributed by atoms with Crippen LogP contribution < -0.4 is 25.4 Å². The number of carbonyl (C=O) groups is 2. The molecule has 0 aliphatic carbocycles. The average molecular weight is 721 g/mol. The Morgan fingerprint density at radius 1 is 1.06 bits per heavy atom. The maximum absolute atomic E-state index is 13.4. The van der Waals surface area contributed by atoms with E-state index in [1.54, 1.807) is 56.9 Å². The quantitative estimate of drug-likeness (QED) is 0.149. The van der Waals surface area contributed by atoms with E-state index in [4.69, 9.17) is 37.7 Å². The fourth-order valence-corrected chi connectivity index (χ4v) is 6.89. The molecular formula is C36H39Cl2N7O5. The Labute approximate surface area is 300 Å². The van der Waals surface area contributed by atoms with Crippen molar-refractivity contribution in [3.8, 4) is 34.1 Å². The Morgan fingerprint density at radius 2 is 1.92 bits per heavy atom. The highest BCUT2D eigenvalue weighted by Gasteiger charge is 2.24. The van der Waals surface area contributed by atoms with Crippen LogP contribution in [0.2, 0.25) is 10.0 Å². The lowest BCUT2D eigenvalue weighted by Gasteiger charge is -2.18. The normalized spacial score (nSPS) is 17.5. The Hall–Kier alpha value is -4.33. The zero-order valence-electron chi connectivity index (χ0n) is 27.8. The van der Waals surface area contributed by atoms with E-state index in [0.29, 0.717) is 70.9 Å². The van der Waals surface area contributed by atoms with Crippen LogP contribution in [0, 0.1) is 5.92 Å². The van der Waals surface area contributed by atoms with Crippen molar-refractivity contribution in [3.63, 3.8) is 0 Å². The van der Waals surface area contributed by atoms with Gasteiger partial charge in [-0.05, 0) is 43.5 Å². The Bertz CT molecular complexity index is 1880. The van der Waals surface area contributed by atoms with E-state index in [1.165, 1.54) is 0 Å². The number of ether oxygens (including phenoxy) is 2. The van der Waals surface area contributed by atoms with Crippen LogP contribution >= 0.6 is 23.2 Å². The first-order valence-electron chi connectivity index (χ1n) is 16.4. The number of hydrogen-bond donors (Lipinski definition) is 4. The number of aromatic nitrogens is 3. The monoisotopic (exact) mass is 719 g/mol. The number of amides is 2. The van der Waals surface area contributed by atoms with Gasteiger partial charge in [0.05, 0.1) is 41.3 Å². The number of benzene rings is 1. The van der Waals surface area contributed by atoms with Crippen LogP contribution in [0.1, 0.15) is 40.9 Å². The number of pyridine rings is 3. The third kappa shape index (κ3) is 8.00. The van der Waals surface area contributed by atoms with Gasteiger partial charge in [0.2, 0.25) is 11.8 Å². The van der Waals surface area contributed by atoms with Crippen molar-refractivity contribution in [1.29, 1.82) is 0 Å². The predicted molar refractivity (Wildman–Crippen MR) is 192 cm³/mol. The highest BCUT2D eigenvalue weighted by atomic mass is 35.5. The molecule has 0 spiro atoms.